The van der Waals surface area contributed by atoms with Gasteiger partial charge in [-0.25, -0.2) is 0 Å². The predicted molar refractivity (Wildman–Crippen MR) is 68.3 cm³/mol. The number of hydrogen-bond donors (Lipinski definition) is 2. The van der Waals surface area contributed by atoms with Crippen LogP contribution in [0.5, 0.6) is 0 Å². The number of piperidine rings is 1. The highest BCUT2D eigenvalue weighted by Crippen LogP contribution is 2.23. The maximum absolute atomic E-state index is 12.1. The van der Waals surface area contributed by atoms with Gasteiger partial charge in [-0.2, -0.15) is 17.4 Å². The average molecular weight is 278 g/mol. The molecular formula is C11H22N2O4S. The van der Waals surface area contributed by atoms with Crippen LogP contribution < -0.4 is 4.72 Å². The topological polar surface area (TPSA) is 86.7 Å². The minimum absolute atomic E-state index is 0.290. The van der Waals surface area contributed by atoms with Crippen molar-refractivity contribution in [3.8, 4) is 0 Å². The number of carboxylic acid groups (broad SMARTS) is 1. The Morgan fingerprint density at radius 1 is 1.28 bits per heavy atom. The van der Waals surface area contributed by atoms with Crippen LogP contribution in [0.2, 0.25) is 0 Å². The van der Waals surface area contributed by atoms with Gasteiger partial charge in [0.25, 0.3) is 10.2 Å². The summed E-state index contributed by atoms with van der Waals surface area (Å²) >= 11 is 0. The molecule has 1 heterocycles. The van der Waals surface area contributed by atoms with E-state index < -0.39 is 21.7 Å². The molecule has 1 saturated heterocycles. The van der Waals surface area contributed by atoms with Gasteiger partial charge in [0.05, 0.1) is 0 Å². The highest BCUT2D eigenvalue weighted by molar-refractivity contribution is 7.87. The molecule has 0 spiro atoms. The molecule has 6 nitrogen and oxygen atoms in total. The third-order valence-electron chi connectivity index (χ3n) is 3.09. The van der Waals surface area contributed by atoms with Crippen LogP contribution in [-0.4, -0.2) is 42.4 Å². The van der Waals surface area contributed by atoms with Gasteiger partial charge in [-0.3, -0.25) is 4.79 Å². The fourth-order valence-electron chi connectivity index (χ4n) is 2.23. The summed E-state index contributed by atoms with van der Waals surface area (Å²) in [6.07, 6.45) is 0.994. The van der Waals surface area contributed by atoms with Crippen molar-refractivity contribution in [3.63, 3.8) is 0 Å². The van der Waals surface area contributed by atoms with Crippen LogP contribution in [0.25, 0.3) is 0 Å². The molecule has 1 fully saturated rings. The summed E-state index contributed by atoms with van der Waals surface area (Å²) in [5.74, 6) is -0.610. The number of rotatable bonds is 4. The third-order valence-corrected chi connectivity index (χ3v) is 4.84. The summed E-state index contributed by atoms with van der Waals surface area (Å²) in [7, 11) is -3.75. The molecule has 1 aliphatic heterocycles. The molecule has 0 radical (unpaired) electrons. The molecule has 0 amide bonds. The molecule has 1 aliphatic rings. The molecule has 0 aliphatic carbocycles. The minimum Gasteiger partial charge on any atom is -0.480 e. The maximum Gasteiger partial charge on any atom is 0.324 e. The second kappa shape index (κ2) is 5.14. The van der Waals surface area contributed by atoms with Gasteiger partial charge in [-0.1, -0.05) is 13.8 Å². The fraction of sp³-hybridized carbons (Fsp3) is 0.909. The largest absolute Gasteiger partial charge is 0.480 e. The molecule has 0 saturated carbocycles. The lowest BCUT2D eigenvalue weighted by molar-refractivity contribution is -0.142. The lowest BCUT2D eigenvalue weighted by Crippen LogP contribution is -2.56. The van der Waals surface area contributed by atoms with E-state index in [9.17, 15) is 13.2 Å². The van der Waals surface area contributed by atoms with Gasteiger partial charge in [0.2, 0.25) is 0 Å². The van der Waals surface area contributed by atoms with Crippen LogP contribution in [0.3, 0.4) is 0 Å². The summed E-state index contributed by atoms with van der Waals surface area (Å²) in [4.78, 5) is 11.0. The Balaban J connectivity index is 2.84. The smallest absolute Gasteiger partial charge is 0.324 e. The summed E-state index contributed by atoms with van der Waals surface area (Å²) < 4.78 is 27.9. The maximum atomic E-state index is 12.1. The van der Waals surface area contributed by atoms with Crippen molar-refractivity contribution in [2.75, 3.05) is 13.1 Å². The zero-order valence-electron chi connectivity index (χ0n) is 11.3. The molecule has 2 N–H and O–H groups in total. The molecule has 0 aromatic heterocycles. The monoisotopic (exact) mass is 278 g/mol. The molecule has 1 rings (SSSR count). The van der Waals surface area contributed by atoms with Crippen molar-refractivity contribution in [3.05, 3.63) is 0 Å². The predicted octanol–water partition coefficient (Wildman–Crippen LogP) is 0.662. The number of carbonyl (C=O) groups is 1. The van der Waals surface area contributed by atoms with E-state index in [4.69, 9.17) is 5.11 Å². The Bertz CT molecular complexity index is 409. The first kappa shape index (κ1) is 15.4. The Morgan fingerprint density at radius 2 is 1.72 bits per heavy atom. The second-order valence-corrected chi connectivity index (χ2v) is 7.47. The Hall–Kier alpha value is -0.660. The van der Waals surface area contributed by atoms with Gasteiger partial charge in [-0.15, -0.1) is 0 Å². The van der Waals surface area contributed by atoms with Gasteiger partial charge in [-0.05, 0) is 32.1 Å². The summed E-state index contributed by atoms with van der Waals surface area (Å²) in [6.45, 7) is 7.55. The van der Waals surface area contributed by atoms with Crippen LogP contribution in [0, 0.1) is 11.8 Å². The molecule has 2 unspecified atom stereocenters. The van der Waals surface area contributed by atoms with E-state index in [1.165, 1.54) is 18.2 Å². The number of nitrogens with one attached hydrogen (secondary N) is 1. The number of carboxylic acids is 1. The molecule has 2 atom stereocenters. The normalized spacial score (nSPS) is 27.1. The van der Waals surface area contributed by atoms with Crippen molar-refractivity contribution >= 4 is 16.2 Å². The van der Waals surface area contributed by atoms with Crippen LogP contribution >= 0.6 is 0 Å². The Morgan fingerprint density at radius 3 is 2.11 bits per heavy atom. The molecule has 0 aromatic rings. The average Bonchev–Trinajstić information content (AvgIpc) is 2.13. The van der Waals surface area contributed by atoms with E-state index in [1.807, 2.05) is 13.8 Å². The van der Waals surface area contributed by atoms with Crippen molar-refractivity contribution in [2.45, 2.75) is 39.7 Å². The van der Waals surface area contributed by atoms with Crippen LogP contribution in [0.15, 0.2) is 0 Å². The van der Waals surface area contributed by atoms with E-state index >= 15 is 0 Å². The van der Waals surface area contributed by atoms with E-state index in [2.05, 4.69) is 4.72 Å². The SMILES string of the molecule is CC1CC(C)CN(S(=O)(=O)NC(C)(C)C(=O)O)C1. The molecule has 0 aromatic carbocycles. The van der Waals surface area contributed by atoms with E-state index in [1.54, 1.807) is 0 Å². The van der Waals surface area contributed by atoms with Crippen LogP contribution in [-0.2, 0) is 15.0 Å². The lowest BCUT2D eigenvalue weighted by Gasteiger charge is -2.35. The van der Waals surface area contributed by atoms with Gasteiger partial charge in [0, 0.05) is 13.1 Å². The third kappa shape index (κ3) is 3.66. The molecule has 7 heteroatoms. The van der Waals surface area contributed by atoms with Crippen molar-refractivity contribution in [1.82, 2.24) is 9.03 Å². The Labute approximate surface area is 109 Å². The standard InChI is InChI=1S/C11H22N2O4S/c1-8-5-9(2)7-13(6-8)18(16,17)12-11(3,4)10(14)15/h8-9,12H,5-7H2,1-4H3,(H,14,15). The van der Waals surface area contributed by atoms with E-state index in [0.29, 0.717) is 24.9 Å². The van der Waals surface area contributed by atoms with Gasteiger partial charge in [0.15, 0.2) is 0 Å². The minimum atomic E-state index is -3.75. The summed E-state index contributed by atoms with van der Waals surface area (Å²) in [5.41, 5.74) is -1.50. The van der Waals surface area contributed by atoms with Gasteiger partial charge >= 0.3 is 5.97 Å². The molecule has 106 valence electrons. The van der Waals surface area contributed by atoms with Crippen LogP contribution in [0.1, 0.15) is 34.1 Å². The number of aliphatic carboxylic acids is 1. The van der Waals surface area contributed by atoms with Crippen molar-refractivity contribution in [2.24, 2.45) is 11.8 Å². The van der Waals surface area contributed by atoms with Crippen LogP contribution in [0.4, 0.5) is 0 Å². The van der Waals surface area contributed by atoms with E-state index in [0.717, 1.165) is 6.42 Å². The fourth-order valence-corrected chi connectivity index (χ4v) is 4.00. The highest BCUT2D eigenvalue weighted by atomic mass is 32.2. The summed E-state index contributed by atoms with van der Waals surface area (Å²) in [5, 5.41) is 8.96. The molecule has 0 bridgehead atoms. The van der Waals surface area contributed by atoms with Crippen molar-refractivity contribution < 1.29 is 18.3 Å². The van der Waals surface area contributed by atoms with Crippen molar-refractivity contribution in [1.29, 1.82) is 0 Å². The van der Waals surface area contributed by atoms with Gasteiger partial charge < -0.3 is 5.11 Å². The zero-order valence-corrected chi connectivity index (χ0v) is 12.1. The zero-order chi connectivity index (χ0) is 14.1. The second-order valence-electron chi connectivity index (χ2n) is 5.80. The first-order valence-corrected chi connectivity index (χ1v) is 7.51. The lowest BCUT2D eigenvalue weighted by atomic mass is 9.94. The number of hydrogen-bond acceptors (Lipinski definition) is 3. The van der Waals surface area contributed by atoms with Gasteiger partial charge in [0.1, 0.15) is 5.54 Å². The molecular weight excluding hydrogens is 256 g/mol. The van der Waals surface area contributed by atoms with E-state index in [-0.39, 0.29) is 0 Å². The highest BCUT2D eigenvalue weighted by Gasteiger charge is 2.37. The first-order valence-electron chi connectivity index (χ1n) is 6.07. The molecule has 18 heavy (non-hydrogen) atoms. The quantitative estimate of drug-likeness (QED) is 0.791. The summed E-state index contributed by atoms with van der Waals surface area (Å²) in [6, 6.07) is 0. The number of nitrogens with zero attached hydrogens (tertiary/aromatic N) is 1. The Kier molecular flexibility index (Phi) is 4.40. The first-order chi connectivity index (χ1) is 8.04.